The first-order valence-corrected chi connectivity index (χ1v) is 15.7. The average Bonchev–Trinajstić information content (AvgIpc) is 3.70. The summed E-state index contributed by atoms with van der Waals surface area (Å²) in [7, 11) is 0. The second-order valence-corrected chi connectivity index (χ2v) is 12.1. The number of aliphatic hydroxyl groups is 1. The number of benzene rings is 3. The molecule has 4 aromatic rings. The fourth-order valence-corrected chi connectivity index (χ4v) is 6.46. The van der Waals surface area contributed by atoms with Gasteiger partial charge in [-0.15, -0.1) is 11.3 Å². The highest BCUT2D eigenvalue weighted by Gasteiger charge is 2.33. The summed E-state index contributed by atoms with van der Waals surface area (Å²) in [6.07, 6.45) is -3.48. The van der Waals surface area contributed by atoms with Gasteiger partial charge in [0.1, 0.15) is 5.01 Å². The highest BCUT2D eigenvalue weighted by Crippen LogP contribution is 2.35. The van der Waals surface area contributed by atoms with Crippen LogP contribution >= 0.6 is 11.3 Å². The molecule has 3 atom stereocenters. The van der Waals surface area contributed by atoms with Gasteiger partial charge in [-0.05, 0) is 61.6 Å². The lowest BCUT2D eigenvalue weighted by Gasteiger charge is -2.25. The standard InChI is InChI=1S/C34H35F3N4O3S/c1-22-21-45-32(39-22)29-14-7-15-41(29)33(44)26-12-6-11-25(18-26)31(43)40-28(17-23-8-3-2-4-9-23)30(42)20-38-19-24-10-5-13-27(16-24)34(35,36)37/h2-6,8-13,16,18,21,28-30,38,42H,7,14-15,17,19-20H2,1H3,(H,40,43). The lowest BCUT2D eigenvalue weighted by atomic mass is 10.00. The van der Waals surface area contributed by atoms with Gasteiger partial charge in [0.15, 0.2) is 0 Å². The Labute approximate surface area is 264 Å². The molecular formula is C34H35F3N4O3S. The number of hydrogen-bond donors (Lipinski definition) is 3. The molecule has 11 heteroatoms. The molecule has 0 saturated carbocycles. The molecule has 236 valence electrons. The summed E-state index contributed by atoms with van der Waals surface area (Å²) in [6, 6.07) is 20.1. The van der Waals surface area contributed by atoms with Crippen LogP contribution in [-0.4, -0.2) is 52.0 Å². The molecule has 45 heavy (non-hydrogen) atoms. The van der Waals surface area contributed by atoms with Gasteiger partial charge in [0.25, 0.3) is 11.8 Å². The maximum absolute atomic E-state index is 13.6. The molecule has 1 aromatic heterocycles. The van der Waals surface area contributed by atoms with Crippen LogP contribution in [0.25, 0.3) is 0 Å². The van der Waals surface area contributed by atoms with E-state index in [-0.39, 0.29) is 30.6 Å². The molecule has 1 aliphatic rings. The SMILES string of the molecule is Cc1csc(C2CCCN2C(=O)c2cccc(C(=O)NC(Cc3ccccc3)C(O)CNCc3cccc(C(F)(F)F)c3)c2)n1. The number of thiazole rings is 1. The Morgan fingerprint density at radius 2 is 1.76 bits per heavy atom. The van der Waals surface area contributed by atoms with Crippen molar-refractivity contribution in [1.29, 1.82) is 0 Å². The Morgan fingerprint density at radius 1 is 1.02 bits per heavy atom. The van der Waals surface area contributed by atoms with Crippen molar-refractivity contribution in [3.05, 3.63) is 123 Å². The first kappa shape index (κ1) is 32.3. The maximum atomic E-state index is 13.6. The van der Waals surface area contributed by atoms with Gasteiger partial charge >= 0.3 is 6.18 Å². The van der Waals surface area contributed by atoms with E-state index in [4.69, 9.17) is 0 Å². The molecule has 0 aliphatic carbocycles. The monoisotopic (exact) mass is 636 g/mol. The van der Waals surface area contributed by atoms with E-state index in [1.807, 2.05) is 47.5 Å². The van der Waals surface area contributed by atoms with Crippen LogP contribution in [0.15, 0.2) is 84.2 Å². The molecule has 2 amide bonds. The highest BCUT2D eigenvalue weighted by atomic mass is 32.1. The van der Waals surface area contributed by atoms with Gasteiger partial charge in [0.2, 0.25) is 0 Å². The van der Waals surface area contributed by atoms with E-state index in [0.29, 0.717) is 24.1 Å². The third kappa shape index (κ3) is 8.36. The molecular weight excluding hydrogens is 601 g/mol. The summed E-state index contributed by atoms with van der Waals surface area (Å²) in [5.74, 6) is -0.615. The summed E-state index contributed by atoms with van der Waals surface area (Å²) < 4.78 is 39.3. The second-order valence-electron chi connectivity index (χ2n) is 11.2. The number of alkyl halides is 3. The third-order valence-corrected chi connectivity index (χ3v) is 8.89. The zero-order valence-corrected chi connectivity index (χ0v) is 25.6. The van der Waals surface area contributed by atoms with Gasteiger partial charge in [-0.2, -0.15) is 13.2 Å². The fraction of sp³-hybridized carbons (Fsp3) is 0.324. The Kier molecular flexibility index (Phi) is 10.3. The molecule has 0 bridgehead atoms. The van der Waals surface area contributed by atoms with E-state index in [1.165, 1.54) is 6.07 Å². The number of nitrogens with zero attached hydrogens (tertiary/aromatic N) is 2. The van der Waals surface area contributed by atoms with Crippen LogP contribution in [0.3, 0.4) is 0 Å². The van der Waals surface area contributed by atoms with Gasteiger partial charge in [-0.1, -0.05) is 54.6 Å². The predicted octanol–water partition coefficient (Wildman–Crippen LogP) is 5.94. The van der Waals surface area contributed by atoms with Gasteiger partial charge in [0, 0.05) is 41.8 Å². The van der Waals surface area contributed by atoms with Crippen LogP contribution in [0.1, 0.15) is 67.0 Å². The Hall–Kier alpha value is -4.06. The minimum Gasteiger partial charge on any atom is -0.390 e. The summed E-state index contributed by atoms with van der Waals surface area (Å²) >= 11 is 1.54. The van der Waals surface area contributed by atoms with E-state index < -0.39 is 29.8 Å². The molecule has 7 nitrogen and oxygen atoms in total. The molecule has 3 unspecified atom stereocenters. The number of carbonyl (C=O) groups is 2. The van der Waals surface area contributed by atoms with Gasteiger partial charge in [-0.3, -0.25) is 9.59 Å². The number of rotatable bonds is 11. The Bertz CT molecular complexity index is 1610. The molecule has 0 radical (unpaired) electrons. The molecule has 3 N–H and O–H groups in total. The highest BCUT2D eigenvalue weighted by molar-refractivity contribution is 7.09. The van der Waals surface area contributed by atoms with Crippen molar-refractivity contribution in [3.63, 3.8) is 0 Å². The van der Waals surface area contributed by atoms with Crippen LogP contribution < -0.4 is 10.6 Å². The topological polar surface area (TPSA) is 94.6 Å². The van der Waals surface area contributed by atoms with Gasteiger partial charge in [-0.25, -0.2) is 4.98 Å². The Balaban J connectivity index is 1.26. The Morgan fingerprint density at radius 3 is 2.49 bits per heavy atom. The van der Waals surface area contributed by atoms with E-state index in [0.717, 1.165) is 41.2 Å². The number of nitrogens with one attached hydrogen (secondary N) is 2. The maximum Gasteiger partial charge on any atom is 0.416 e. The van der Waals surface area contributed by atoms with Crippen LogP contribution in [0.4, 0.5) is 13.2 Å². The second kappa shape index (κ2) is 14.4. The van der Waals surface area contributed by atoms with Gasteiger partial charge < -0.3 is 20.6 Å². The first-order valence-electron chi connectivity index (χ1n) is 14.8. The summed E-state index contributed by atoms with van der Waals surface area (Å²) in [4.78, 5) is 33.4. The minimum absolute atomic E-state index is 0.0269. The van der Waals surface area contributed by atoms with Crippen LogP contribution in [-0.2, 0) is 19.1 Å². The van der Waals surface area contributed by atoms with Crippen molar-refractivity contribution in [2.75, 3.05) is 13.1 Å². The van der Waals surface area contributed by atoms with E-state index in [2.05, 4.69) is 15.6 Å². The number of hydrogen-bond acceptors (Lipinski definition) is 6. The van der Waals surface area contributed by atoms with Crippen molar-refractivity contribution in [2.45, 2.75) is 57.1 Å². The number of halogens is 3. The van der Waals surface area contributed by atoms with Crippen molar-refractivity contribution in [2.24, 2.45) is 0 Å². The molecule has 0 spiro atoms. The van der Waals surface area contributed by atoms with E-state index >= 15 is 0 Å². The number of aromatic nitrogens is 1. The third-order valence-electron chi connectivity index (χ3n) is 7.82. The smallest absolute Gasteiger partial charge is 0.390 e. The fourth-order valence-electron chi connectivity index (χ4n) is 5.52. The molecule has 1 aliphatic heterocycles. The number of aliphatic hydroxyl groups excluding tert-OH is 1. The minimum atomic E-state index is -4.45. The van der Waals surface area contributed by atoms with Crippen LogP contribution in [0.5, 0.6) is 0 Å². The number of carbonyl (C=O) groups excluding carboxylic acids is 2. The van der Waals surface area contributed by atoms with Crippen molar-refractivity contribution in [3.8, 4) is 0 Å². The van der Waals surface area contributed by atoms with Crippen molar-refractivity contribution >= 4 is 23.2 Å². The molecule has 1 fully saturated rings. The van der Waals surface area contributed by atoms with E-state index in [9.17, 15) is 27.9 Å². The quantitative estimate of drug-likeness (QED) is 0.190. The predicted molar refractivity (Wildman–Crippen MR) is 167 cm³/mol. The lowest BCUT2D eigenvalue weighted by Crippen LogP contribution is -2.48. The van der Waals surface area contributed by atoms with Crippen molar-refractivity contribution in [1.82, 2.24) is 20.5 Å². The molecule has 5 rings (SSSR count). The lowest BCUT2D eigenvalue weighted by molar-refractivity contribution is -0.137. The number of amides is 2. The normalized spacial score (nSPS) is 16.4. The molecule has 1 saturated heterocycles. The van der Waals surface area contributed by atoms with Crippen LogP contribution in [0, 0.1) is 6.92 Å². The summed E-state index contributed by atoms with van der Waals surface area (Å²) in [5, 5.41) is 19.9. The zero-order valence-electron chi connectivity index (χ0n) is 24.8. The summed E-state index contributed by atoms with van der Waals surface area (Å²) in [5.41, 5.74) is 2.17. The van der Waals surface area contributed by atoms with Gasteiger partial charge in [0.05, 0.1) is 23.8 Å². The average molecular weight is 637 g/mol. The van der Waals surface area contributed by atoms with Crippen LogP contribution in [0.2, 0.25) is 0 Å². The number of likely N-dealkylation sites (tertiary alicyclic amines) is 1. The largest absolute Gasteiger partial charge is 0.416 e. The van der Waals surface area contributed by atoms with Crippen molar-refractivity contribution < 1.29 is 27.9 Å². The zero-order chi connectivity index (χ0) is 32.0. The molecule has 3 aromatic carbocycles. The number of aryl methyl sites for hydroxylation is 1. The van der Waals surface area contributed by atoms with E-state index in [1.54, 1.807) is 41.7 Å². The summed E-state index contributed by atoms with van der Waals surface area (Å²) in [6.45, 7) is 2.67. The molecule has 2 heterocycles. The first-order chi connectivity index (χ1) is 21.6.